The van der Waals surface area contributed by atoms with Crippen molar-refractivity contribution >= 4 is 23.4 Å². The smallest absolute Gasteiger partial charge is 0.241 e. The van der Waals surface area contributed by atoms with E-state index in [0.29, 0.717) is 6.42 Å². The number of rotatable bonds is 6. The minimum atomic E-state index is -0.503. The first-order chi connectivity index (χ1) is 10.1. The van der Waals surface area contributed by atoms with E-state index in [1.54, 1.807) is 11.8 Å². The maximum absolute atomic E-state index is 12.1. The molecule has 0 bridgehead atoms. The van der Waals surface area contributed by atoms with Crippen molar-refractivity contribution in [2.24, 2.45) is 5.73 Å². The predicted octanol–water partition coefficient (Wildman–Crippen LogP) is 3.52. The molecule has 0 saturated heterocycles. The zero-order valence-electron chi connectivity index (χ0n) is 12.0. The van der Waals surface area contributed by atoms with Crippen LogP contribution in [0.2, 0.25) is 0 Å². The Morgan fingerprint density at radius 3 is 2.29 bits per heavy atom. The summed E-state index contributed by atoms with van der Waals surface area (Å²) in [6, 6.07) is 19.0. The van der Waals surface area contributed by atoms with Gasteiger partial charge in [0.15, 0.2) is 0 Å². The third-order valence-corrected chi connectivity index (χ3v) is 4.18. The Balaban J connectivity index is 1.83. The number of anilines is 1. The molecular weight excluding hydrogens is 280 g/mol. The lowest BCUT2D eigenvalue weighted by Crippen LogP contribution is -2.37. The van der Waals surface area contributed by atoms with Gasteiger partial charge in [0.1, 0.15) is 0 Å². The molecule has 110 valence electrons. The van der Waals surface area contributed by atoms with Crippen LogP contribution < -0.4 is 11.1 Å². The molecule has 21 heavy (non-hydrogen) atoms. The zero-order valence-corrected chi connectivity index (χ0v) is 12.8. The SMILES string of the molecule is CC(CC(N)C(=O)Nc1ccccc1)Sc1ccccc1. The number of amides is 1. The van der Waals surface area contributed by atoms with Crippen LogP contribution in [0.1, 0.15) is 13.3 Å². The van der Waals surface area contributed by atoms with E-state index in [2.05, 4.69) is 24.4 Å². The molecule has 0 fully saturated rings. The van der Waals surface area contributed by atoms with Crippen LogP contribution in [0.3, 0.4) is 0 Å². The van der Waals surface area contributed by atoms with E-state index in [1.807, 2.05) is 48.5 Å². The van der Waals surface area contributed by atoms with Crippen molar-refractivity contribution in [1.29, 1.82) is 0 Å². The molecule has 0 aliphatic rings. The van der Waals surface area contributed by atoms with E-state index < -0.39 is 6.04 Å². The van der Waals surface area contributed by atoms with Gasteiger partial charge in [-0.3, -0.25) is 4.79 Å². The second-order valence-electron chi connectivity index (χ2n) is 4.94. The Hall–Kier alpha value is -1.78. The molecule has 0 saturated carbocycles. The Kier molecular flexibility index (Phi) is 5.84. The summed E-state index contributed by atoms with van der Waals surface area (Å²) in [6.45, 7) is 2.09. The van der Waals surface area contributed by atoms with Crippen LogP contribution in [0.4, 0.5) is 5.69 Å². The van der Waals surface area contributed by atoms with Crippen molar-refractivity contribution in [3.63, 3.8) is 0 Å². The Labute approximate surface area is 129 Å². The number of para-hydroxylation sites is 1. The standard InChI is InChI=1S/C17H20N2OS/c1-13(21-15-10-6-3-7-11-15)12-16(18)17(20)19-14-8-4-2-5-9-14/h2-11,13,16H,12,18H2,1H3,(H,19,20). The summed E-state index contributed by atoms with van der Waals surface area (Å²) >= 11 is 1.74. The summed E-state index contributed by atoms with van der Waals surface area (Å²) in [5.41, 5.74) is 6.77. The molecule has 0 aliphatic carbocycles. The topological polar surface area (TPSA) is 55.1 Å². The average molecular weight is 300 g/mol. The van der Waals surface area contributed by atoms with Gasteiger partial charge in [0.05, 0.1) is 6.04 Å². The van der Waals surface area contributed by atoms with Gasteiger partial charge in [-0.15, -0.1) is 11.8 Å². The highest BCUT2D eigenvalue weighted by Crippen LogP contribution is 2.25. The molecule has 3 N–H and O–H groups in total. The van der Waals surface area contributed by atoms with Crippen LogP contribution in [-0.4, -0.2) is 17.2 Å². The fourth-order valence-corrected chi connectivity index (χ4v) is 3.08. The third kappa shape index (κ3) is 5.25. The predicted molar refractivity (Wildman–Crippen MR) is 89.4 cm³/mol. The number of hydrogen-bond acceptors (Lipinski definition) is 3. The second-order valence-corrected chi connectivity index (χ2v) is 6.45. The van der Waals surface area contributed by atoms with Crippen molar-refractivity contribution in [1.82, 2.24) is 0 Å². The van der Waals surface area contributed by atoms with Crippen LogP contribution in [-0.2, 0) is 4.79 Å². The number of nitrogens with one attached hydrogen (secondary N) is 1. The zero-order chi connectivity index (χ0) is 15.1. The van der Waals surface area contributed by atoms with E-state index in [-0.39, 0.29) is 11.2 Å². The van der Waals surface area contributed by atoms with E-state index in [4.69, 9.17) is 5.73 Å². The molecule has 0 radical (unpaired) electrons. The Bertz CT molecular complexity index is 560. The Morgan fingerprint density at radius 2 is 1.67 bits per heavy atom. The Morgan fingerprint density at radius 1 is 1.10 bits per heavy atom. The highest BCUT2D eigenvalue weighted by Gasteiger charge is 2.17. The normalized spacial score (nSPS) is 13.4. The number of thioether (sulfide) groups is 1. The van der Waals surface area contributed by atoms with Crippen LogP contribution in [0.15, 0.2) is 65.6 Å². The van der Waals surface area contributed by atoms with Gasteiger partial charge in [-0.1, -0.05) is 43.3 Å². The molecule has 0 heterocycles. The fourth-order valence-electron chi connectivity index (χ4n) is 2.00. The molecule has 2 unspecified atom stereocenters. The van der Waals surface area contributed by atoms with E-state index in [9.17, 15) is 4.79 Å². The van der Waals surface area contributed by atoms with Gasteiger partial charge in [-0.05, 0) is 30.7 Å². The lowest BCUT2D eigenvalue weighted by molar-refractivity contribution is -0.117. The number of benzene rings is 2. The second kappa shape index (κ2) is 7.86. The average Bonchev–Trinajstić information content (AvgIpc) is 2.49. The minimum Gasteiger partial charge on any atom is -0.325 e. The van der Waals surface area contributed by atoms with Crippen molar-refractivity contribution in [3.05, 3.63) is 60.7 Å². The number of nitrogens with two attached hydrogens (primary N) is 1. The molecule has 0 aromatic heterocycles. The van der Waals surface area contributed by atoms with Crippen LogP contribution in [0.5, 0.6) is 0 Å². The van der Waals surface area contributed by atoms with Crippen LogP contribution in [0.25, 0.3) is 0 Å². The minimum absolute atomic E-state index is 0.137. The molecule has 3 nitrogen and oxygen atoms in total. The van der Waals surface area contributed by atoms with E-state index in [0.717, 1.165) is 5.69 Å². The van der Waals surface area contributed by atoms with Gasteiger partial charge in [-0.2, -0.15) is 0 Å². The summed E-state index contributed by atoms with van der Waals surface area (Å²) in [5, 5.41) is 3.12. The maximum Gasteiger partial charge on any atom is 0.241 e. The van der Waals surface area contributed by atoms with E-state index in [1.165, 1.54) is 4.90 Å². The molecule has 4 heteroatoms. The number of carbonyl (C=O) groups is 1. The fraction of sp³-hybridized carbons (Fsp3) is 0.235. The van der Waals surface area contributed by atoms with Gasteiger partial charge in [0, 0.05) is 15.8 Å². The molecule has 0 aliphatic heterocycles. The van der Waals surface area contributed by atoms with Gasteiger partial charge in [0.25, 0.3) is 0 Å². The largest absolute Gasteiger partial charge is 0.325 e. The molecule has 2 aromatic carbocycles. The summed E-state index contributed by atoms with van der Waals surface area (Å²) in [5.74, 6) is -0.137. The summed E-state index contributed by atoms with van der Waals surface area (Å²) < 4.78 is 0. The van der Waals surface area contributed by atoms with Crippen molar-refractivity contribution in [3.8, 4) is 0 Å². The van der Waals surface area contributed by atoms with E-state index >= 15 is 0 Å². The van der Waals surface area contributed by atoms with Crippen LogP contribution in [0, 0.1) is 0 Å². The van der Waals surface area contributed by atoms with Crippen molar-refractivity contribution < 1.29 is 4.79 Å². The maximum atomic E-state index is 12.1. The quantitative estimate of drug-likeness (QED) is 0.803. The van der Waals surface area contributed by atoms with Crippen molar-refractivity contribution in [2.45, 2.75) is 29.5 Å². The van der Waals surface area contributed by atoms with Gasteiger partial charge in [0.2, 0.25) is 5.91 Å². The molecule has 2 aromatic rings. The van der Waals surface area contributed by atoms with Crippen molar-refractivity contribution in [2.75, 3.05) is 5.32 Å². The first-order valence-corrected chi connectivity index (χ1v) is 7.86. The molecule has 2 atom stereocenters. The monoisotopic (exact) mass is 300 g/mol. The number of carbonyl (C=O) groups excluding carboxylic acids is 1. The lowest BCUT2D eigenvalue weighted by Gasteiger charge is -2.17. The lowest BCUT2D eigenvalue weighted by atomic mass is 10.1. The number of hydrogen-bond donors (Lipinski definition) is 2. The van der Waals surface area contributed by atoms with Gasteiger partial charge < -0.3 is 11.1 Å². The van der Waals surface area contributed by atoms with Gasteiger partial charge >= 0.3 is 0 Å². The first kappa shape index (κ1) is 15.6. The summed E-state index contributed by atoms with van der Waals surface area (Å²) in [7, 11) is 0. The highest BCUT2D eigenvalue weighted by molar-refractivity contribution is 7.99. The molecule has 1 amide bonds. The highest BCUT2D eigenvalue weighted by atomic mass is 32.2. The van der Waals surface area contributed by atoms with Crippen LogP contribution >= 0.6 is 11.8 Å². The molecule has 2 rings (SSSR count). The molecular formula is C17H20N2OS. The van der Waals surface area contributed by atoms with Gasteiger partial charge in [-0.25, -0.2) is 0 Å². The third-order valence-electron chi connectivity index (χ3n) is 3.04. The first-order valence-electron chi connectivity index (χ1n) is 6.98. The summed E-state index contributed by atoms with van der Waals surface area (Å²) in [6.07, 6.45) is 0.637. The summed E-state index contributed by atoms with van der Waals surface area (Å²) in [4.78, 5) is 13.3. The molecule has 0 spiro atoms.